The summed E-state index contributed by atoms with van der Waals surface area (Å²) in [5.74, 6) is 2.05. The summed E-state index contributed by atoms with van der Waals surface area (Å²) in [5, 5.41) is 8.28. The van der Waals surface area contributed by atoms with Crippen molar-refractivity contribution in [3.05, 3.63) is 59.5 Å². The molecule has 0 aliphatic carbocycles. The molecule has 146 valence electrons. The van der Waals surface area contributed by atoms with Crippen LogP contribution in [0, 0.1) is 6.92 Å². The monoisotopic (exact) mass is 381 g/mol. The van der Waals surface area contributed by atoms with Gasteiger partial charge in [0.1, 0.15) is 11.4 Å². The Morgan fingerprint density at radius 3 is 2.93 bits per heavy atom. The Bertz CT molecular complexity index is 958. The van der Waals surface area contributed by atoms with E-state index in [0.717, 1.165) is 17.9 Å². The molecule has 2 aromatic heterocycles. The summed E-state index contributed by atoms with van der Waals surface area (Å²) >= 11 is 0. The highest BCUT2D eigenvalue weighted by molar-refractivity contribution is 5.92. The number of amides is 1. The van der Waals surface area contributed by atoms with Crippen LogP contribution in [0.3, 0.4) is 0 Å². The third-order valence-corrected chi connectivity index (χ3v) is 4.77. The van der Waals surface area contributed by atoms with Crippen molar-refractivity contribution in [1.29, 1.82) is 0 Å². The molecule has 0 unspecified atom stereocenters. The van der Waals surface area contributed by atoms with Crippen LogP contribution in [0.5, 0.6) is 5.75 Å². The molecular weight excluding hydrogens is 358 g/mol. The lowest BCUT2D eigenvalue weighted by Gasteiger charge is -2.36. The predicted octanol–water partition coefficient (Wildman–Crippen LogP) is 2.46. The van der Waals surface area contributed by atoms with Gasteiger partial charge in [-0.15, -0.1) is 0 Å². The summed E-state index contributed by atoms with van der Waals surface area (Å²) in [6.45, 7) is 6.38. The fourth-order valence-electron chi connectivity index (χ4n) is 3.11. The molecule has 0 N–H and O–H groups in total. The Morgan fingerprint density at radius 1 is 1.32 bits per heavy atom. The zero-order valence-electron chi connectivity index (χ0n) is 16.0. The number of aromatic nitrogens is 4. The Hall–Kier alpha value is -3.16. The molecule has 0 saturated carbocycles. The molecule has 0 spiro atoms. The van der Waals surface area contributed by atoms with Crippen LogP contribution >= 0.6 is 0 Å². The second-order valence-electron chi connectivity index (χ2n) is 6.93. The van der Waals surface area contributed by atoms with Crippen LogP contribution in [0.2, 0.25) is 0 Å². The zero-order valence-corrected chi connectivity index (χ0v) is 16.0. The van der Waals surface area contributed by atoms with E-state index in [0.29, 0.717) is 43.5 Å². The lowest BCUT2D eigenvalue weighted by atomic mass is 10.00. The first-order valence-electron chi connectivity index (χ1n) is 9.47. The van der Waals surface area contributed by atoms with Gasteiger partial charge in [0.05, 0.1) is 12.5 Å². The molecule has 8 nitrogen and oxygen atoms in total. The molecule has 1 aromatic carbocycles. The second kappa shape index (κ2) is 7.84. The molecule has 4 rings (SSSR count). The normalized spacial score (nSPS) is 14.1. The topological polar surface area (TPSA) is 86.3 Å². The molecule has 0 atom stereocenters. The molecule has 3 aromatic rings. The van der Waals surface area contributed by atoms with Crippen LogP contribution in [-0.2, 0) is 13.0 Å². The highest BCUT2D eigenvalue weighted by Crippen LogP contribution is 2.27. The van der Waals surface area contributed by atoms with Crippen LogP contribution in [0.25, 0.3) is 0 Å². The maximum atomic E-state index is 12.4. The highest BCUT2D eigenvalue weighted by Gasteiger charge is 2.36. The predicted molar refractivity (Wildman–Crippen MR) is 101 cm³/mol. The molecule has 1 aliphatic heterocycles. The molecule has 1 fully saturated rings. The number of aryl methyl sites for hydroxylation is 2. The molecule has 1 amide bonds. The Balaban J connectivity index is 1.25. The molecule has 1 aliphatic rings. The Kier molecular flexibility index (Phi) is 5.10. The van der Waals surface area contributed by atoms with Crippen molar-refractivity contribution in [2.24, 2.45) is 0 Å². The van der Waals surface area contributed by atoms with E-state index in [1.165, 1.54) is 0 Å². The van der Waals surface area contributed by atoms with E-state index in [1.807, 2.05) is 44.3 Å². The third-order valence-electron chi connectivity index (χ3n) is 4.77. The molecule has 28 heavy (non-hydrogen) atoms. The van der Waals surface area contributed by atoms with Gasteiger partial charge in [-0.2, -0.15) is 10.1 Å². The lowest BCUT2D eigenvalue weighted by Crippen LogP contribution is -2.48. The number of nitrogens with zero attached hydrogens (tertiary/aromatic N) is 5. The van der Waals surface area contributed by atoms with E-state index in [9.17, 15) is 4.79 Å². The average molecular weight is 381 g/mol. The van der Waals surface area contributed by atoms with Gasteiger partial charge >= 0.3 is 0 Å². The average Bonchev–Trinajstić information content (AvgIpc) is 3.30. The largest absolute Gasteiger partial charge is 0.493 e. The molecular formula is C20H23N5O3. The van der Waals surface area contributed by atoms with Crippen molar-refractivity contribution in [2.75, 3.05) is 19.7 Å². The van der Waals surface area contributed by atoms with Crippen molar-refractivity contribution in [1.82, 2.24) is 24.8 Å². The number of carbonyl (C=O) groups excluding carboxylic acids is 1. The van der Waals surface area contributed by atoms with E-state index < -0.39 is 0 Å². The standard InChI is InChI=1S/C20H23N5O3/c1-3-25-9-7-17(22-25)20(26)24-12-15(13-24)19-21-18(23-28-19)8-10-27-16-6-4-5-14(2)11-16/h4-7,9,11,15H,3,8,10,12-13H2,1-2H3. The lowest BCUT2D eigenvalue weighted by molar-refractivity contribution is 0.0562. The van der Waals surface area contributed by atoms with Gasteiger partial charge in [-0.3, -0.25) is 9.48 Å². The second-order valence-corrected chi connectivity index (χ2v) is 6.93. The first kappa shape index (κ1) is 18.2. The minimum Gasteiger partial charge on any atom is -0.493 e. The quantitative estimate of drug-likeness (QED) is 0.625. The van der Waals surface area contributed by atoms with Gasteiger partial charge in [-0.1, -0.05) is 17.3 Å². The smallest absolute Gasteiger partial charge is 0.274 e. The van der Waals surface area contributed by atoms with Gasteiger partial charge in [0.25, 0.3) is 5.91 Å². The van der Waals surface area contributed by atoms with Crippen LogP contribution in [0.1, 0.15) is 40.6 Å². The zero-order chi connectivity index (χ0) is 19.5. The van der Waals surface area contributed by atoms with Crippen LogP contribution < -0.4 is 4.74 Å². The van der Waals surface area contributed by atoms with Crippen LogP contribution in [0.4, 0.5) is 0 Å². The van der Waals surface area contributed by atoms with Crippen molar-refractivity contribution < 1.29 is 14.1 Å². The fourth-order valence-corrected chi connectivity index (χ4v) is 3.11. The number of rotatable bonds is 7. The van der Waals surface area contributed by atoms with Crippen LogP contribution in [-0.4, -0.2) is 50.4 Å². The van der Waals surface area contributed by atoms with E-state index in [1.54, 1.807) is 15.6 Å². The van der Waals surface area contributed by atoms with Gasteiger partial charge in [-0.05, 0) is 37.6 Å². The fraction of sp³-hybridized carbons (Fsp3) is 0.400. The number of ether oxygens (including phenoxy) is 1. The number of likely N-dealkylation sites (tertiary alicyclic amines) is 1. The maximum absolute atomic E-state index is 12.4. The minimum atomic E-state index is -0.0604. The third kappa shape index (κ3) is 3.90. The van der Waals surface area contributed by atoms with Crippen molar-refractivity contribution in [3.63, 3.8) is 0 Å². The summed E-state index contributed by atoms with van der Waals surface area (Å²) in [7, 11) is 0. The van der Waals surface area contributed by atoms with Gasteiger partial charge in [0.2, 0.25) is 5.89 Å². The molecule has 8 heteroatoms. The van der Waals surface area contributed by atoms with Crippen LogP contribution in [0.15, 0.2) is 41.1 Å². The van der Waals surface area contributed by atoms with Gasteiger partial charge in [0.15, 0.2) is 5.82 Å². The summed E-state index contributed by atoms with van der Waals surface area (Å²) in [6.07, 6.45) is 2.38. The van der Waals surface area contributed by atoms with Gasteiger partial charge < -0.3 is 14.2 Å². The number of benzene rings is 1. The van der Waals surface area contributed by atoms with E-state index in [-0.39, 0.29) is 11.8 Å². The number of carbonyl (C=O) groups is 1. The summed E-state index contributed by atoms with van der Waals surface area (Å²) < 4.78 is 12.8. The van der Waals surface area contributed by atoms with Crippen molar-refractivity contribution in [2.45, 2.75) is 32.7 Å². The van der Waals surface area contributed by atoms with Crippen molar-refractivity contribution in [3.8, 4) is 5.75 Å². The highest BCUT2D eigenvalue weighted by atomic mass is 16.5. The summed E-state index contributed by atoms with van der Waals surface area (Å²) in [6, 6.07) is 9.66. The van der Waals surface area contributed by atoms with E-state index in [2.05, 4.69) is 15.2 Å². The Morgan fingerprint density at radius 2 is 2.18 bits per heavy atom. The van der Waals surface area contributed by atoms with Crippen molar-refractivity contribution >= 4 is 5.91 Å². The first-order valence-corrected chi connectivity index (χ1v) is 9.47. The summed E-state index contributed by atoms with van der Waals surface area (Å²) in [5.41, 5.74) is 1.63. The number of hydrogen-bond acceptors (Lipinski definition) is 6. The molecule has 0 bridgehead atoms. The van der Waals surface area contributed by atoms with E-state index in [4.69, 9.17) is 9.26 Å². The van der Waals surface area contributed by atoms with Gasteiger partial charge in [-0.25, -0.2) is 0 Å². The molecule has 3 heterocycles. The minimum absolute atomic E-state index is 0.0604. The van der Waals surface area contributed by atoms with E-state index >= 15 is 0 Å². The Labute approximate surface area is 163 Å². The molecule has 1 saturated heterocycles. The molecule has 0 radical (unpaired) electrons. The number of hydrogen-bond donors (Lipinski definition) is 0. The summed E-state index contributed by atoms with van der Waals surface area (Å²) in [4.78, 5) is 18.6. The first-order chi connectivity index (χ1) is 13.6. The van der Waals surface area contributed by atoms with Gasteiger partial charge in [0, 0.05) is 32.3 Å². The SMILES string of the molecule is CCn1ccc(C(=O)N2CC(c3nc(CCOc4cccc(C)c4)no3)C2)n1. The maximum Gasteiger partial charge on any atom is 0.274 e.